The number of aryl methyl sites for hydroxylation is 1. The maximum absolute atomic E-state index is 12.9. The molecule has 0 aliphatic heterocycles. The lowest BCUT2D eigenvalue weighted by atomic mass is 10.1. The second kappa shape index (κ2) is 5.50. The van der Waals surface area contributed by atoms with Gasteiger partial charge < -0.3 is 4.90 Å². The fraction of sp³-hybridized carbons (Fsp3) is 0.125. The first-order valence-electron chi connectivity index (χ1n) is 5.90. The molecule has 18 heavy (non-hydrogen) atoms. The van der Waals surface area contributed by atoms with Gasteiger partial charge in [0.2, 0.25) is 0 Å². The smallest absolute Gasteiger partial charge is 0.123 e. The van der Waals surface area contributed by atoms with Crippen LogP contribution in [0.1, 0.15) is 11.1 Å². The van der Waals surface area contributed by atoms with Gasteiger partial charge in [0.05, 0.1) is 0 Å². The van der Waals surface area contributed by atoms with E-state index in [2.05, 4.69) is 30.5 Å². The minimum Gasteiger partial charge on any atom is -0.344 e. The minimum atomic E-state index is -0.209. The highest BCUT2D eigenvalue weighted by Gasteiger charge is 2.06. The molecular formula is C16H16FN. The van der Waals surface area contributed by atoms with E-state index in [-0.39, 0.29) is 5.82 Å². The van der Waals surface area contributed by atoms with Crippen LogP contribution in [0.5, 0.6) is 0 Å². The maximum atomic E-state index is 12.9. The number of hydrogen-bond donors (Lipinski definition) is 0. The van der Waals surface area contributed by atoms with Gasteiger partial charge in [0.25, 0.3) is 0 Å². The Balaban J connectivity index is 2.22. The van der Waals surface area contributed by atoms with Gasteiger partial charge >= 0.3 is 0 Å². The standard InChI is InChI=1S/C16H16FN/c1-3-18(16-7-5-4-6-13(16)2)12-14-8-10-15(17)11-9-14/h3-11H,1,12H2,2H3. The van der Waals surface area contributed by atoms with Crippen LogP contribution >= 0.6 is 0 Å². The highest BCUT2D eigenvalue weighted by molar-refractivity contribution is 5.55. The molecule has 1 nitrogen and oxygen atoms in total. The molecule has 0 heterocycles. The van der Waals surface area contributed by atoms with E-state index in [0.29, 0.717) is 6.54 Å². The summed E-state index contributed by atoms with van der Waals surface area (Å²) in [5.41, 5.74) is 3.37. The number of para-hydroxylation sites is 1. The maximum Gasteiger partial charge on any atom is 0.123 e. The summed E-state index contributed by atoms with van der Waals surface area (Å²) in [5.74, 6) is -0.209. The third kappa shape index (κ3) is 2.77. The second-order valence-electron chi connectivity index (χ2n) is 4.22. The van der Waals surface area contributed by atoms with Crippen molar-refractivity contribution in [3.05, 3.63) is 78.3 Å². The molecule has 2 aromatic rings. The number of rotatable bonds is 4. The van der Waals surface area contributed by atoms with Gasteiger partial charge in [-0.15, -0.1) is 0 Å². The average molecular weight is 241 g/mol. The molecule has 0 spiro atoms. The Morgan fingerprint density at radius 2 is 1.78 bits per heavy atom. The van der Waals surface area contributed by atoms with Crippen LogP contribution in [0, 0.1) is 12.7 Å². The predicted octanol–water partition coefficient (Wildman–Crippen LogP) is 4.28. The molecule has 0 N–H and O–H groups in total. The molecule has 0 aliphatic carbocycles. The predicted molar refractivity (Wildman–Crippen MR) is 74.0 cm³/mol. The summed E-state index contributed by atoms with van der Waals surface area (Å²) >= 11 is 0. The zero-order chi connectivity index (χ0) is 13.0. The number of anilines is 1. The van der Waals surface area contributed by atoms with Crippen molar-refractivity contribution in [1.82, 2.24) is 0 Å². The molecule has 92 valence electrons. The third-order valence-electron chi connectivity index (χ3n) is 2.91. The molecule has 0 radical (unpaired) electrons. The molecule has 0 fully saturated rings. The van der Waals surface area contributed by atoms with E-state index in [9.17, 15) is 4.39 Å². The van der Waals surface area contributed by atoms with Crippen molar-refractivity contribution in [2.24, 2.45) is 0 Å². The molecular weight excluding hydrogens is 225 g/mol. The van der Waals surface area contributed by atoms with Crippen LogP contribution in [0.3, 0.4) is 0 Å². The lowest BCUT2D eigenvalue weighted by Crippen LogP contribution is -2.15. The monoisotopic (exact) mass is 241 g/mol. The van der Waals surface area contributed by atoms with Crippen LogP contribution in [0.2, 0.25) is 0 Å². The van der Waals surface area contributed by atoms with Crippen molar-refractivity contribution in [3.63, 3.8) is 0 Å². The van der Waals surface area contributed by atoms with Crippen LogP contribution < -0.4 is 4.90 Å². The fourth-order valence-electron chi connectivity index (χ4n) is 1.92. The van der Waals surface area contributed by atoms with Crippen LogP contribution in [0.25, 0.3) is 0 Å². The van der Waals surface area contributed by atoms with Gasteiger partial charge in [0, 0.05) is 12.2 Å². The molecule has 0 aromatic heterocycles. The summed E-state index contributed by atoms with van der Waals surface area (Å²) in [6, 6.07) is 14.7. The molecule has 2 rings (SSSR count). The van der Waals surface area contributed by atoms with Crippen LogP contribution in [-0.4, -0.2) is 0 Å². The van der Waals surface area contributed by atoms with E-state index in [4.69, 9.17) is 0 Å². The Labute approximate surface area is 107 Å². The van der Waals surface area contributed by atoms with Gasteiger partial charge in [0.1, 0.15) is 5.82 Å². The SMILES string of the molecule is C=CN(Cc1ccc(F)cc1)c1ccccc1C. The van der Waals surface area contributed by atoms with Crippen LogP contribution in [-0.2, 0) is 6.54 Å². The summed E-state index contributed by atoms with van der Waals surface area (Å²) in [6.07, 6.45) is 1.80. The lowest BCUT2D eigenvalue weighted by molar-refractivity contribution is 0.627. The summed E-state index contributed by atoms with van der Waals surface area (Å²) in [5, 5.41) is 0. The summed E-state index contributed by atoms with van der Waals surface area (Å²) in [7, 11) is 0. The van der Waals surface area contributed by atoms with Crippen molar-refractivity contribution in [3.8, 4) is 0 Å². The molecule has 2 heteroatoms. The zero-order valence-electron chi connectivity index (χ0n) is 10.4. The fourth-order valence-corrected chi connectivity index (χ4v) is 1.92. The highest BCUT2D eigenvalue weighted by Crippen LogP contribution is 2.21. The Kier molecular flexibility index (Phi) is 3.78. The highest BCUT2D eigenvalue weighted by atomic mass is 19.1. The van der Waals surface area contributed by atoms with Crippen LogP contribution in [0.15, 0.2) is 61.3 Å². The van der Waals surface area contributed by atoms with Gasteiger partial charge in [0.15, 0.2) is 0 Å². The number of halogens is 1. The van der Waals surface area contributed by atoms with Crippen LogP contribution in [0.4, 0.5) is 10.1 Å². The molecule has 0 aliphatic rings. The van der Waals surface area contributed by atoms with E-state index in [1.165, 1.54) is 17.7 Å². The van der Waals surface area contributed by atoms with E-state index >= 15 is 0 Å². The Morgan fingerprint density at radius 3 is 2.39 bits per heavy atom. The lowest BCUT2D eigenvalue weighted by Gasteiger charge is -2.22. The third-order valence-corrected chi connectivity index (χ3v) is 2.91. The van der Waals surface area contributed by atoms with E-state index in [1.807, 2.05) is 12.1 Å². The first-order valence-corrected chi connectivity index (χ1v) is 5.90. The first kappa shape index (κ1) is 12.4. The molecule has 0 atom stereocenters. The molecule has 2 aromatic carbocycles. The van der Waals surface area contributed by atoms with E-state index in [1.54, 1.807) is 18.3 Å². The van der Waals surface area contributed by atoms with Crippen molar-refractivity contribution >= 4 is 5.69 Å². The quantitative estimate of drug-likeness (QED) is 0.772. The normalized spacial score (nSPS) is 10.1. The molecule has 0 bridgehead atoms. The Morgan fingerprint density at radius 1 is 1.11 bits per heavy atom. The second-order valence-corrected chi connectivity index (χ2v) is 4.22. The van der Waals surface area contributed by atoms with Crippen molar-refractivity contribution < 1.29 is 4.39 Å². The summed E-state index contributed by atoms with van der Waals surface area (Å²) < 4.78 is 12.9. The Bertz CT molecular complexity index is 531. The van der Waals surface area contributed by atoms with Crippen molar-refractivity contribution in [2.45, 2.75) is 13.5 Å². The summed E-state index contributed by atoms with van der Waals surface area (Å²) in [6.45, 7) is 6.60. The van der Waals surface area contributed by atoms with Gasteiger partial charge in [-0.1, -0.05) is 36.9 Å². The molecule has 0 amide bonds. The average Bonchev–Trinajstić information content (AvgIpc) is 2.39. The number of hydrogen-bond acceptors (Lipinski definition) is 1. The first-order chi connectivity index (χ1) is 8.70. The number of benzene rings is 2. The van der Waals surface area contributed by atoms with Crippen molar-refractivity contribution in [2.75, 3.05) is 4.90 Å². The van der Waals surface area contributed by atoms with Gasteiger partial charge in [-0.05, 0) is 42.4 Å². The molecule has 0 unspecified atom stereocenters. The van der Waals surface area contributed by atoms with E-state index in [0.717, 1.165) is 11.3 Å². The van der Waals surface area contributed by atoms with Crippen molar-refractivity contribution in [1.29, 1.82) is 0 Å². The molecule has 0 saturated carbocycles. The largest absolute Gasteiger partial charge is 0.344 e. The van der Waals surface area contributed by atoms with Gasteiger partial charge in [-0.3, -0.25) is 0 Å². The summed E-state index contributed by atoms with van der Waals surface area (Å²) in [4.78, 5) is 2.06. The zero-order valence-corrected chi connectivity index (χ0v) is 10.4. The van der Waals surface area contributed by atoms with Gasteiger partial charge in [-0.25, -0.2) is 4.39 Å². The van der Waals surface area contributed by atoms with E-state index < -0.39 is 0 Å². The molecule has 0 saturated heterocycles. The Hall–Kier alpha value is -2.09. The van der Waals surface area contributed by atoms with Gasteiger partial charge in [-0.2, -0.15) is 0 Å². The minimum absolute atomic E-state index is 0.209. The number of nitrogens with zero attached hydrogens (tertiary/aromatic N) is 1. The topological polar surface area (TPSA) is 3.24 Å².